The summed E-state index contributed by atoms with van der Waals surface area (Å²) in [5.41, 5.74) is 1.55. The molecule has 112 valence electrons. The van der Waals surface area contributed by atoms with Crippen molar-refractivity contribution in [3.63, 3.8) is 0 Å². The van der Waals surface area contributed by atoms with E-state index in [1.165, 1.54) is 0 Å². The lowest BCUT2D eigenvalue weighted by Gasteiger charge is -1.98. The van der Waals surface area contributed by atoms with Gasteiger partial charge in [-0.2, -0.15) is 8.42 Å². The molecule has 0 aromatic carbocycles. The lowest BCUT2D eigenvalue weighted by atomic mass is 10.2. The van der Waals surface area contributed by atoms with Crippen molar-refractivity contribution in [3.05, 3.63) is 37.1 Å². The molecule has 0 radical (unpaired) electrons. The van der Waals surface area contributed by atoms with Crippen molar-refractivity contribution in [1.82, 2.24) is 15.1 Å². The van der Waals surface area contributed by atoms with Crippen molar-refractivity contribution >= 4 is 16.9 Å². The number of aryl methyl sites for hydroxylation is 1. The SMILES string of the molecule is C=O.O=S(=O)(O)CCC[n+]1ccc(-c2cnccn2)cn1. The van der Waals surface area contributed by atoms with Crippen molar-refractivity contribution < 1.29 is 22.4 Å². The summed E-state index contributed by atoms with van der Waals surface area (Å²) in [4.78, 5) is 16.1. The van der Waals surface area contributed by atoms with Crippen LogP contribution in [0.25, 0.3) is 11.3 Å². The minimum atomic E-state index is -3.90. The third-order valence-electron chi connectivity index (χ3n) is 2.42. The molecule has 0 saturated heterocycles. The van der Waals surface area contributed by atoms with Gasteiger partial charge in [-0.1, -0.05) is 4.68 Å². The van der Waals surface area contributed by atoms with Crippen LogP contribution in [0, 0.1) is 0 Å². The third-order valence-corrected chi connectivity index (χ3v) is 3.22. The maximum atomic E-state index is 10.6. The molecule has 1 N–H and O–H groups in total. The van der Waals surface area contributed by atoms with E-state index in [2.05, 4.69) is 15.1 Å². The second kappa shape index (κ2) is 8.12. The normalized spacial score (nSPS) is 10.5. The molecular formula is C12H15N4O4S+. The molecule has 0 fully saturated rings. The van der Waals surface area contributed by atoms with Crippen molar-refractivity contribution in [2.24, 2.45) is 0 Å². The molecule has 21 heavy (non-hydrogen) atoms. The van der Waals surface area contributed by atoms with Crippen LogP contribution in [0.15, 0.2) is 37.1 Å². The highest BCUT2D eigenvalue weighted by atomic mass is 32.2. The van der Waals surface area contributed by atoms with E-state index in [1.807, 2.05) is 12.9 Å². The topological polar surface area (TPSA) is 114 Å². The molecule has 2 aromatic heterocycles. The quantitative estimate of drug-likeness (QED) is 0.606. The number of carbonyl (C=O) groups excluding carboxylic acids is 1. The molecule has 2 rings (SSSR count). The van der Waals surface area contributed by atoms with E-state index < -0.39 is 10.1 Å². The summed E-state index contributed by atoms with van der Waals surface area (Å²) in [6.07, 6.45) is 8.50. The number of rotatable bonds is 5. The van der Waals surface area contributed by atoms with Crippen LogP contribution in [-0.2, 0) is 21.5 Å². The van der Waals surface area contributed by atoms with Gasteiger partial charge in [0.1, 0.15) is 13.0 Å². The zero-order valence-corrected chi connectivity index (χ0v) is 12.0. The first-order chi connectivity index (χ1) is 10.0. The van der Waals surface area contributed by atoms with Gasteiger partial charge in [0.2, 0.25) is 0 Å². The highest BCUT2D eigenvalue weighted by Crippen LogP contribution is 2.11. The van der Waals surface area contributed by atoms with E-state index in [0.717, 1.165) is 11.3 Å². The highest BCUT2D eigenvalue weighted by molar-refractivity contribution is 7.85. The molecule has 0 bridgehead atoms. The zero-order chi connectivity index (χ0) is 15.7. The molecule has 0 aliphatic rings. The summed E-state index contributed by atoms with van der Waals surface area (Å²) >= 11 is 0. The lowest BCUT2D eigenvalue weighted by Crippen LogP contribution is -2.38. The molecule has 0 atom stereocenters. The monoisotopic (exact) mass is 311 g/mol. The first kappa shape index (κ1) is 16.8. The van der Waals surface area contributed by atoms with Crippen LogP contribution in [0.4, 0.5) is 0 Å². The van der Waals surface area contributed by atoms with Gasteiger partial charge >= 0.3 is 0 Å². The fourth-order valence-electron chi connectivity index (χ4n) is 1.53. The van der Waals surface area contributed by atoms with E-state index in [9.17, 15) is 8.42 Å². The van der Waals surface area contributed by atoms with E-state index in [4.69, 9.17) is 9.35 Å². The number of hydrogen-bond acceptors (Lipinski definition) is 6. The van der Waals surface area contributed by atoms with Gasteiger partial charge in [0, 0.05) is 30.4 Å². The first-order valence-electron chi connectivity index (χ1n) is 5.91. The van der Waals surface area contributed by atoms with Gasteiger partial charge in [0.05, 0.1) is 17.6 Å². The Bertz CT molecular complexity index is 647. The number of aromatic nitrogens is 4. The van der Waals surface area contributed by atoms with E-state index in [0.29, 0.717) is 13.0 Å². The average molecular weight is 311 g/mol. The van der Waals surface area contributed by atoms with Crippen LogP contribution in [0.5, 0.6) is 0 Å². The molecule has 0 aliphatic heterocycles. The fraction of sp³-hybridized carbons (Fsp3) is 0.250. The van der Waals surface area contributed by atoms with Crippen molar-refractivity contribution in [1.29, 1.82) is 0 Å². The number of nitrogens with zero attached hydrogens (tertiary/aromatic N) is 4. The van der Waals surface area contributed by atoms with Gasteiger partial charge in [0.15, 0.2) is 12.7 Å². The van der Waals surface area contributed by atoms with Crippen molar-refractivity contribution in [2.75, 3.05) is 5.75 Å². The summed E-state index contributed by atoms with van der Waals surface area (Å²) in [5, 5.41) is 4.15. The van der Waals surface area contributed by atoms with Gasteiger partial charge in [-0.05, 0) is 5.10 Å². The van der Waals surface area contributed by atoms with E-state index >= 15 is 0 Å². The molecule has 0 saturated carbocycles. The summed E-state index contributed by atoms with van der Waals surface area (Å²) in [6.45, 7) is 2.42. The Morgan fingerprint density at radius 3 is 2.52 bits per heavy atom. The molecular weight excluding hydrogens is 296 g/mol. The number of carbonyl (C=O) groups is 1. The maximum absolute atomic E-state index is 10.6. The number of hydrogen-bond donors (Lipinski definition) is 1. The van der Waals surface area contributed by atoms with Crippen LogP contribution in [0.3, 0.4) is 0 Å². The summed E-state index contributed by atoms with van der Waals surface area (Å²) in [7, 11) is -3.90. The van der Waals surface area contributed by atoms with Crippen LogP contribution in [0.1, 0.15) is 6.42 Å². The predicted octanol–water partition coefficient (Wildman–Crippen LogP) is -0.0809. The zero-order valence-electron chi connectivity index (χ0n) is 11.2. The van der Waals surface area contributed by atoms with E-state index in [1.54, 1.807) is 35.7 Å². The maximum Gasteiger partial charge on any atom is 0.265 e. The molecule has 0 unspecified atom stereocenters. The Kier molecular flexibility index (Phi) is 6.50. The molecule has 0 aliphatic carbocycles. The van der Waals surface area contributed by atoms with Crippen LogP contribution in [-0.4, -0.2) is 40.6 Å². The van der Waals surface area contributed by atoms with Gasteiger partial charge in [-0.25, -0.2) is 0 Å². The Hall–Kier alpha value is -2.26. The molecule has 2 aromatic rings. The third kappa shape index (κ3) is 6.15. The van der Waals surface area contributed by atoms with E-state index in [-0.39, 0.29) is 5.75 Å². The average Bonchev–Trinajstić information content (AvgIpc) is 2.50. The Morgan fingerprint density at radius 1 is 1.24 bits per heavy atom. The molecule has 2 heterocycles. The van der Waals surface area contributed by atoms with Crippen molar-refractivity contribution in [3.8, 4) is 11.3 Å². The van der Waals surface area contributed by atoms with Gasteiger partial charge in [0.25, 0.3) is 10.1 Å². The van der Waals surface area contributed by atoms with Gasteiger partial charge < -0.3 is 4.79 Å². The summed E-state index contributed by atoms with van der Waals surface area (Å²) in [5.74, 6) is -0.270. The predicted molar refractivity (Wildman–Crippen MR) is 73.6 cm³/mol. The largest absolute Gasteiger partial charge is 0.307 e. The Labute approximate surface area is 122 Å². The Morgan fingerprint density at radius 2 is 2.00 bits per heavy atom. The Balaban J connectivity index is 0.00000106. The fourth-order valence-corrected chi connectivity index (χ4v) is 2.02. The van der Waals surface area contributed by atoms with Gasteiger partial charge in [-0.3, -0.25) is 14.5 Å². The summed E-state index contributed by atoms with van der Waals surface area (Å²) in [6, 6.07) is 1.82. The van der Waals surface area contributed by atoms with Gasteiger partial charge in [-0.15, -0.1) is 0 Å². The standard InChI is InChI=1S/C11H12N4O3S.CH2O/c16-19(17,18)7-1-5-15-6-2-10(8-14-15)11-9-12-3-4-13-11;1-2/h2-4,6,8-9H,1,5,7H2;1H2/p+1. The minimum absolute atomic E-state index is 0.270. The highest BCUT2D eigenvalue weighted by Gasteiger charge is 2.09. The lowest BCUT2D eigenvalue weighted by molar-refractivity contribution is -0.753. The molecule has 8 nitrogen and oxygen atoms in total. The summed E-state index contributed by atoms with van der Waals surface area (Å²) < 4.78 is 31.4. The van der Waals surface area contributed by atoms with Crippen LogP contribution >= 0.6 is 0 Å². The molecule has 9 heteroatoms. The molecule has 0 spiro atoms. The second-order valence-corrected chi connectivity index (χ2v) is 5.48. The van der Waals surface area contributed by atoms with Crippen molar-refractivity contribution in [2.45, 2.75) is 13.0 Å². The van der Waals surface area contributed by atoms with Crippen LogP contribution < -0.4 is 4.68 Å². The molecule has 0 amide bonds. The second-order valence-electron chi connectivity index (χ2n) is 3.91. The van der Waals surface area contributed by atoms with Crippen LogP contribution in [0.2, 0.25) is 0 Å². The first-order valence-corrected chi connectivity index (χ1v) is 7.52. The minimum Gasteiger partial charge on any atom is -0.307 e. The smallest absolute Gasteiger partial charge is 0.265 e.